The van der Waals surface area contributed by atoms with Gasteiger partial charge >= 0.3 is 12.1 Å². The third kappa shape index (κ3) is 9.83. The highest BCUT2D eigenvalue weighted by Gasteiger charge is 2.23. The van der Waals surface area contributed by atoms with Gasteiger partial charge in [0.15, 0.2) is 0 Å². The van der Waals surface area contributed by atoms with E-state index in [1.54, 1.807) is 12.1 Å². The van der Waals surface area contributed by atoms with Crippen molar-refractivity contribution in [2.24, 2.45) is 11.7 Å². The van der Waals surface area contributed by atoms with E-state index in [0.717, 1.165) is 15.1 Å². The number of carbonyl (C=O) groups excluding carboxylic acids is 3. The maximum atomic E-state index is 13.4. The molecule has 35 heavy (non-hydrogen) atoms. The van der Waals surface area contributed by atoms with Gasteiger partial charge in [0, 0.05) is 35.9 Å². The van der Waals surface area contributed by atoms with Crippen LogP contribution in [-0.2, 0) is 19.1 Å². The lowest BCUT2D eigenvalue weighted by Crippen LogP contribution is -2.41. The fourth-order valence-electron chi connectivity index (χ4n) is 3.18. The summed E-state index contributed by atoms with van der Waals surface area (Å²) >= 11 is 3.43. The zero-order chi connectivity index (χ0) is 25.3. The van der Waals surface area contributed by atoms with E-state index in [-0.39, 0.29) is 37.2 Å². The molecule has 0 bridgehead atoms. The second kappa shape index (κ2) is 14.7. The smallest absolute Gasteiger partial charge is 0.419 e. The Hall–Kier alpha value is -2.69. The number of ether oxygens (including phenoxy) is 2. The molecule has 2 amide bonds. The summed E-state index contributed by atoms with van der Waals surface area (Å²) in [6, 6.07) is 12.5. The zero-order valence-electron chi connectivity index (χ0n) is 19.8. The Labute approximate surface area is 219 Å². The average Bonchev–Trinajstić information content (AvgIpc) is 2.76. The summed E-state index contributed by atoms with van der Waals surface area (Å²) in [5.41, 5.74) is 7.18. The van der Waals surface area contributed by atoms with Gasteiger partial charge in [0.1, 0.15) is 11.9 Å². The van der Waals surface area contributed by atoms with Crippen LogP contribution in [0.4, 0.5) is 20.6 Å². The fourth-order valence-corrected chi connectivity index (χ4v) is 3.56. The van der Waals surface area contributed by atoms with Crippen molar-refractivity contribution in [1.29, 1.82) is 0 Å². The second-order valence-corrected chi connectivity index (χ2v) is 8.92. The van der Waals surface area contributed by atoms with Gasteiger partial charge in [-0.05, 0) is 54.8 Å². The lowest BCUT2D eigenvalue weighted by atomic mass is 10.1. The number of esters is 1. The number of carbonyl (C=O) groups is 3. The molecule has 0 aliphatic rings. The molecule has 0 aliphatic heterocycles. The number of anilines is 2. The molecule has 1 atom stereocenters. The summed E-state index contributed by atoms with van der Waals surface area (Å²) in [7, 11) is 0. The van der Waals surface area contributed by atoms with Gasteiger partial charge in [0.25, 0.3) is 0 Å². The molecule has 11 heteroatoms. The summed E-state index contributed by atoms with van der Waals surface area (Å²) in [4.78, 5) is 39.2. The molecule has 0 heterocycles. The maximum Gasteiger partial charge on any atom is 0.419 e. The Morgan fingerprint density at radius 3 is 2.26 bits per heavy atom. The minimum atomic E-state index is -0.953. The monoisotopic (exact) mass is 573 g/mol. The molecule has 0 spiro atoms. The van der Waals surface area contributed by atoms with Gasteiger partial charge in [-0.15, -0.1) is 12.4 Å². The van der Waals surface area contributed by atoms with E-state index in [4.69, 9.17) is 15.2 Å². The predicted molar refractivity (Wildman–Crippen MR) is 137 cm³/mol. The van der Waals surface area contributed by atoms with Gasteiger partial charge in [0.05, 0.1) is 0 Å². The highest BCUT2D eigenvalue weighted by atomic mass is 79.9. The van der Waals surface area contributed by atoms with Crippen molar-refractivity contribution in [2.45, 2.75) is 33.2 Å². The van der Waals surface area contributed by atoms with E-state index in [2.05, 4.69) is 15.9 Å². The van der Waals surface area contributed by atoms with E-state index in [1.807, 2.05) is 43.0 Å². The first-order valence-corrected chi connectivity index (χ1v) is 11.5. The summed E-state index contributed by atoms with van der Waals surface area (Å²) in [5, 5.41) is 0. The highest BCUT2D eigenvalue weighted by molar-refractivity contribution is 9.10. The van der Waals surface area contributed by atoms with Crippen LogP contribution in [0.15, 0.2) is 53.0 Å². The van der Waals surface area contributed by atoms with E-state index < -0.39 is 30.8 Å². The van der Waals surface area contributed by atoms with Gasteiger partial charge in [-0.2, -0.15) is 0 Å². The van der Waals surface area contributed by atoms with Gasteiger partial charge in [-0.3, -0.25) is 9.59 Å². The molecule has 8 nitrogen and oxygen atoms in total. The van der Waals surface area contributed by atoms with Crippen molar-refractivity contribution < 1.29 is 28.2 Å². The number of nitrogens with zero attached hydrogens (tertiary/aromatic N) is 2. The minimum absolute atomic E-state index is 0. The molecule has 0 saturated heterocycles. The Kier molecular flexibility index (Phi) is 12.7. The molecule has 0 fully saturated rings. The Morgan fingerprint density at radius 2 is 1.69 bits per heavy atom. The number of rotatable bonds is 10. The number of nitrogens with two attached hydrogens (primary N) is 1. The van der Waals surface area contributed by atoms with Crippen molar-refractivity contribution in [3.05, 3.63) is 58.8 Å². The Balaban J connectivity index is 0.00000612. The fraction of sp³-hybridized carbons (Fsp3) is 0.375. The Bertz CT molecular complexity index is 993. The molecule has 2 N–H and O–H groups in total. The van der Waals surface area contributed by atoms with Gasteiger partial charge in [0.2, 0.25) is 12.7 Å². The van der Waals surface area contributed by atoms with Gasteiger partial charge in [-0.25, -0.2) is 14.1 Å². The van der Waals surface area contributed by atoms with Crippen molar-refractivity contribution in [3.8, 4) is 0 Å². The molecule has 0 unspecified atom stereocenters. The third-order valence-electron chi connectivity index (χ3n) is 4.82. The predicted octanol–water partition coefficient (Wildman–Crippen LogP) is 5.01. The van der Waals surface area contributed by atoms with E-state index >= 15 is 0 Å². The van der Waals surface area contributed by atoms with Crippen LogP contribution in [0.3, 0.4) is 0 Å². The topological polar surface area (TPSA) is 102 Å². The lowest BCUT2D eigenvalue weighted by molar-refractivity contribution is -0.154. The van der Waals surface area contributed by atoms with Crippen LogP contribution >= 0.6 is 28.3 Å². The first-order valence-electron chi connectivity index (χ1n) is 10.7. The normalized spacial score (nSPS) is 11.3. The summed E-state index contributed by atoms with van der Waals surface area (Å²) in [6.45, 7) is 4.59. The van der Waals surface area contributed by atoms with Crippen molar-refractivity contribution >= 4 is 57.7 Å². The molecule has 192 valence electrons. The molecule has 0 saturated carbocycles. The highest BCUT2D eigenvalue weighted by Crippen LogP contribution is 2.27. The van der Waals surface area contributed by atoms with Crippen LogP contribution in [0.5, 0.6) is 0 Å². The first-order chi connectivity index (χ1) is 16.1. The SMILES string of the molecule is CC(=O)N(CCN(c1ccc(F)cc1)c1cccc(Br)c1)C(=O)OCOC(=O)[C@@H](N)CC(C)C.Cl. The maximum absolute atomic E-state index is 13.4. The third-order valence-corrected chi connectivity index (χ3v) is 5.31. The molecule has 0 aliphatic carbocycles. The van der Waals surface area contributed by atoms with Crippen LogP contribution in [0, 0.1) is 11.7 Å². The van der Waals surface area contributed by atoms with Crippen molar-refractivity contribution in [3.63, 3.8) is 0 Å². The first kappa shape index (κ1) is 30.3. The zero-order valence-corrected chi connectivity index (χ0v) is 22.2. The van der Waals surface area contributed by atoms with E-state index in [1.165, 1.54) is 19.1 Å². The lowest BCUT2D eigenvalue weighted by Gasteiger charge is -2.28. The molecular formula is C24H30BrClFN3O5. The summed E-state index contributed by atoms with van der Waals surface area (Å²) in [5.74, 6) is -1.41. The second-order valence-electron chi connectivity index (χ2n) is 8.01. The molecule has 2 rings (SSSR count). The minimum Gasteiger partial charge on any atom is -0.427 e. The van der Waals surface area contributed by atoms with Crippen molar-refractivity contribution in [1.82, 2.24) is 4.90 Å². The van der Waals surface area contributed by atoms with Crippen LogP contribution in [-0.4, -0.2) is 48.8 Å². The van der Waals surface area contributed by atoms with Crippen LogP contribution in [0.1, 0.15) is 27.2 Å². The number of imide groups is 1. The van der Waals surface area contributed by atoms with Gasteiger partial charge in [-0.1, -0.05) is 35.8 Å². The number of hydrogen-bond acceptors (Lipinski definition) is 7. The molecular weight excluding hydrogens is 545 g/mol. The molecule has 0 radical (unpaired) electrons. The van der Waals surface area contributed by atoms with E-state index in [0.29, 0.717) is 12.1 Å². The quantitative estimate of drug-likeness (QED) is 0.314. The number of hydrogen-bond donors (Lipinski definition) is 1. The van der Waals surface area contributed by atoms with Crippen LogP contribution in [0.2, 0.25) is 0 Å². The van der Waals surface area contributed by atoms with Gasteiger partial charge < -0.3 is 20.1 Å². The summed E-state index contributed by atoms with van der Waals surface area (Å²) in [6.07, 6.45) is -0.521. The van der Waals surface area contributed by atoms with Crippen molar-refractivity contribution in [2.75, 3.05) is 24.8 Å². The average molecular weight is 575 g/mol. The number of benzene rings is 2. The van der Waals surface area contributed by atoms with Crippen LogP contribution < -0.4 is 10.6 Å². The Morgan fingerprint density at radius 1 is 1.03 bits per heavy atom. The largest absolute Gasteiger partial charge is 0.427 e. The van der Waals surface area contributed by atoms with Crippen LogP contribution in [0.25, 0.3) is 0 Å². The summed E-state index contributed by atoms with van der Waals surface area (Å²) < 4.78 is 24.1. The molecule has 2 aromatic carbocycles. The standard InChI is InChI=1S/C24H29BrFN3O5.ClH/c1-16(2)13-22(27)23(31)33-15-34-24(32)28(17(3)30)11-12-29(20-9-7-19(26)8-10-20)21-6-4-5-18(25)14-21;/h4-10,14,16,22H,11-13,15,27H2,1-3H3;1H/t22-;/m0./s1. The number of halogens is 3. The number of amides is 2. The molecule has 2 aromatic rings. The van der Waals surface area contributed by atoms with E-state index in [9.17, 15) is 18.8 Å². The molecule has 0 aromatic heterocycles.